The van der Waals surface area contributed by atoms with Crippen molar-refractivity contribution in [2.24, 2.45) is 0 Å². The van der Waals surface area contributed by atoms with Crippen LogP contribution in [0.1, 0.15) is 58.2 Å². The van der Waals surface area contributed by atoms with E-state index in [0.717, 1.165) is 65.9 Å². The van der Waals surface area contributed by atoms with Gasteiger partial charge in [-0.05, 0) is 86.1 Å². The average Bonchev–Trinajstić information content (AvgIpc) is 3.25. The summed E-state index contributed by atoms with van der Waals surface area (Å²) in [7, 11) is 0. The number of carbonyl (C=O) groups excluding carboxylic acids is 1. The minimum atomic E-state index is -0.287. The number of fused-ring (bicyclic) bond motifs is 1. The van der Waals surface area contributed by atoms with Gasteiger partial charge in [-0.1, -0.05) is 12.1 Å². The van der Waals surface area contributed by atoms with E-state index in [9.17, 15) is 14.0 Å². The Kier molecular flexibility index (Phi) is 5.37. The number of rotatable bonds is 3. The number of pyridine rings is 2. The standard InChI is InChI=1S/C26H26FN3O2/c1-16-12-20(17-7-9-21(27)10-8-17)14-24(28-16)19-5-3-11-30(15-19)26(32)22-13-18-4-2-6-23(18)29-25(22)31/h7-10,12-14,19H,2-6,11,15H2,1H3,(H,29,31)/t19-/m1/s1. The first kappa shape index (κ1) is 20.6. The number of likely N-dealkylation sites (tertiary alicyclic amines) is 1. The van der Waals surface area contributed by atoms with Crippen LogP contribution in [0.25, 0.3) is 11.1 Å². The van der Waals surface area contributed by atoms with Crippen LogP contribution in [-0.2, 0) is 12.8 Å². The van der Waals surface area contributed by atoms with Crippen LogP contribution in [0.2, 0.25) is 0 Å². The van der Waals surface area contributed by atoms with Crippen LogP contribution in [0.5, 0.6) is 0 Å². The van der Waals surface area contributed by atoms with Gasteiger partial charge in [0.25, 0.3) is 11.5 Å². The van der Waals surface area contributed by atoms with Crippen molar-refractivity contribution >= 4 is 5.91 Å². The van der Waals surface area contributed by atoms with E-state index >= 15 is 0 Å². The van der Waals surface area contributed by atoms with E-state index in [0.29, 0.717) is 13.1 Å². The van der Waals surface area contributed by atoms with E-state index in [1.54, 1.807) is 23.1 Å². The zero-order valence-corrected chi connectivity index (χ0v) is 18.2. The lowest BCUT2D eigenvalue weighted by Gasteiger charge is -2.32. The highest BCUT2D eigenvalue weighted by atomic mass is 19.1. The van der Waals surface area contributed by atoms with Gasteiger partial charge in [-0.25, -0.2) is 4.39 Å². The second kappa shape index (κ2) is 8.34. The Morgan fingerprint density at radius 1 is 1.09 bits per heavy atom. The highest BCUT2D eigenvalue weighted by Gasteiger charge is 2.29. The first-order chi connectivity index (χ1) is 15.5. The molecule has 164 valence electrons. The lowest BCUT2D eigenvalue weighted by molar-refractivity contribution is 0.0704. The zero-order chi connectivity index (χ0) is 22.2. The van der Waals surface area contributed by atoms with Gasteiger partial charge in [0.05, 0.1) is 0 Å². The highest BCUT2D eigenvalue weighted by Crippen LogP contribution is 2.30. The number of nitrogens with one attached hydrogen (secondary N) is 1. The van der Waals surface area contributed by atoms with Crippen molar-refractivity contribution in [1.82, 2.24) is 14.9 Å². The molecule has 0 saturated carbocycles. The molecule has 0 bridgehead atoms. The number of benzene rings is 1. The number of amides is 1. The van der Waals surface area contributed by atoms with Gasteiger partial charge in [0, 0.05) is 36.1 Å². The number of piperidine rings is 1. The Balaban J connectivity index is 1.40. The maximum Gasteiger partial charge on any atom is 0.261 e. The van der Waals surface area contributed by atoms with Crippen molar-refractivity contribution in [3.05, 3.63) is 86.8 Å². The molecule has 6 heteroatoms. The predicted molar refractivity (Wildman–Crippen MR) is 121 cm³/mol. The topological polar surface area (TPSA) is 66.1 Å². The maximum absolute atomic E-state index is 13.3. The number of carbonyl (C=O) groups is 1. The quantitative estimate of drug-likeness (QED) is 0.669. The monoisotopic (exact) mass is 431 g/mol. The van der Waals surface area contributed by atoms with Crippen molar-refractivity contribution in [3.8, 4) is 11.1 Å². The summed E-state index contributed by atoms with van der Waals surface area (Å²) in [6, 6.07) is 12.3. The third-order valence-corrected chi connectivity index (χ3v) is 6.60. The van der Waals surface area contributed by atoms with Gasteiger partial charge < -0.3 is 9.88 Å². The van der Waals surface area contributed by atoms with Gasteiger partial charge in [0.15, 0.2) is 0 Å². The Labute approximate surface area is 186 Å². The molecule has 0 radical (unpaired) electrons. The number of aryl methyl sites for hydroxylation is 3. The lowest BCUT2D eigenvalue weighted by Crippen LogP contribution is -2.41. The number of nitrogens with zero attached hydrogens (tertiary/aromatic N) is 2. The minimum Gasteiger partial charge on any atom is -0.338 e. The number of aromatic amines is 1. The van der Waals surface area contributed by atoms with E-state index in [4.69, 9.17) is 4.98 Å². The molecule has 1 atom stereocenters. The van der Waals surface area contributed by atoms with Gasteiger partial charge >= 0.3 is 0 Å². The van der Waals surface area contributed by atoms with Gasteiger partial charge in [0.1, 0.15) is 11.4 Å². The molecule has 1 aromatic carbocycles. The molecule has 32 heavy (non-hydrogen) atoms. The first-order valence-electron chi connectivity index (χ1n) is 11.3. The van der Waals surface area contributed by atoms with Crippen LogP contribution in [-0.4, -0.2) is 33.9 Å². The molecular weight excluding hydrogens is 405 g/mol. The normalized spacial score (nSPS) is 17.9. The van der Waals surface area contributed by atoms with Crippen LogP contribution >= 0.6 is 0 Å². The fraction of sp³-hybridized carbons (Fsp3) is 0.346. The molecular formula is C26H26FN3O2. The summed E-state index contributed by atoms with van der Waals surface area (Å²) in [5, 5.41) is 0. The molecule has 2 aromatic heterocycles. The van der Waals surface area contributed by atoms with Crippen molar-refractivity contribution < 1.29 is 9.18 Å². The number of halogens is 1. The van der Waals surface area contributed by atoms with Gasteiger partial charge in [-0.15, -0.1) is 0 Å². The predicted octanol–water partition coefficient (Wildman–Crippen LogP) is 4.39. The number of aromatic nitrogens is 2. The zero-order valence-electron chi connectivity index (χ0n) is 18.2. The van der Waals surface area contributed by atoms with Crippen molar-refractivity contribution in [2.45, 2.75) is 44.9 Å². The van der Waals surface area contributed by atoms with Crippen LogP contribution < -0.4 is 5.56 Å². The Morgan fingerprint density at radius 2 is 1.91 bits per heavy atom. The van der Waals surface area contributed by atoms with Crippen molar-refractivity contribution in [2.75, 3.05) is 13.1 Å². The summed E-state index contributed by atoms with van der Waals surface area (Å²) < 4.78 is 13.3. The third-order valence-electron chi connectivity index (χ3n) is 6.60. The van der Waals surface area contributed by atoms with Gasteiger partial charge in [-0.2, -0.15) is 0 Å². The maximum atomic E-state index is 13.3. The molecule has 3 aromatic rings. The molecule has 1 aliphatic carbocycles. The molecule has 1 fully saturated rings. The van der Waals surface area contributed by atoms with E-state index in [-0.39, 0.29) is 28.8 Å². The molecule has 1 amide bonds. The number of hydrogen-bond acceptors (Lipinski definition) is 3. The van der Waals surface area contributed by atoms with Crippen molar-refractivity contribution in [3.63, 3.8) is 0 Å². The smallest absolute Gasteiger partial charge is 0.261 e. The molecule has 0 spiro atoms. The molecule has 5 rings (SSSR count). The molecule has 2 aliphatic rings. The second-order valence-corrected chi connectivity index (χ2v) is 8.89. The Bertz CT molecular complexity index is 1230. The average molecular weight is 432 g/mol. The van der Waals surface area contributed by atoms with E-state index in [1.807, 2.05) is 19.1 Å². The summed E-state index contributed by atoms with van der Waals surface area (Å²) in [6.45, 7) is 3.13. The summed E-state index contributed by atoms with van der Waals surface area (Å²) >= 11 is 0. The van der Waals surface area contributed by atoms with Crippen LogP contribution in [0.15, 0.2) is 47.3 Å². The van der Waals surface area contributed by atoms with E-state index < -0.39 is 0 Å². The van der Waals surface area contributed by atoms with Crippen molar-refractivity contribution in [1.29, 1.82) is 0 Å². The van der Waals surface area contributed by atoms with Gasteiger partial charge in [-0.3, -0.25) is 14.6 Å². The molecule has 1 aliphatic heterocycles. The second-order valence-electron chi connectivity index (χ2n) is 8.89. The lowest BCUT2D eigenvalue weighted by atomic mass is 9.91. The summed E-state index contributed by atoms with van der Waals surface area (Å²) in [5.74, 6) is -0.361. The fourth-order valence-corrected chi connectivity index (χ4v) is 4.96. The molecule has 5 nitrogen and oxygen atoms in total. The van der Waals surface area contributed by atoms with Gasteiger partial charge in [0.2, 0.25) is 0 Å². The summed E-state index contributed by atoms with van der Waals surface area (Å²) in [5.41, 5.74) is 5.77. The summed E-state index contributed by atoms with van der Waals surface area (Å²) in [4.78, 5) is 35.2. The molecule has 0 unspecified atom stereocenters. The molecule has 3 heterocycles. The Morgan fingerprint density at radius 3 is 2.72 bits per heavy atom. The minimum absolute atomic E-state index is 0.0975. The first-order valence-corrected chi connectivity index (χ1v) is 11.3. The largest absolute Gasteiger partial charge is 0.338 e. The number of hydrogen-bond donors (Lipinski definition) is 1. The highest BCUT2D eigenvalue weighted by molar-refractivity contribution is 5.94. The summed E-state index contributed by atoms with van der Waals surface area (Å²) in [6.07, 6.45) is 4.60. The molecule has 1 saturated heterocycles. The van der Waals surface area contributed by atoms with Crippen LogP contribution in [0.3, 0.4) is 0 Å². The van der Waals surface area contributed by atoms with Crippen LogP contribution in [0.4, 0.5) is 4.39 Å². The van der Waals surface area contributed by atoms with E-state index in [2.05, 4.69) is 4.98 Å². The fourth-order valence-electron chi connectivity index (χ4n) is 4.96. The third kappa shape index (κ3) is 3.97. The Hall–Kier alpha value is -3.28. The number of H-pyrrole nitrogens is 1. The van der Waals surface area contributed by atoms with E-state index in [1.165, 1.54) is 12.1 Å². The molecule has 1 N–H and O–H groups in total. The SMILES string of the molecule is Cc1cc(-c2ccc(F)cc2)cc([C@@H]2CCCN(C(=O)c3cc4c([nH]c3=O)CCC4)C2)n1. The van der Waals surface area contributed by atoms with Crippen LogP contribution in [0, 0.1) is 12.7 Å².